The van der Waals surface area contributed by atoms with Crippen molar-refractivity contribution in [2.45, 2.75) is 26.8 Å². The standard InChI is InChI=1S/C24H22ClNO5/c1-15-9-20(21(27)13-29-24(28)11-17-3-6-19(25)7-4-17)16(2)26(15)12-18-5-8-22-23(10-18)31-14-30-22/h3-10H,11-14H2,1-2H3. The van der Waals surface area contributed by atoms with Crippen LogP contribution < -0.4 is 9.47 Å². The number of halogens is 1. The summed E-state index contributed by atoms with van der Waals surface area (Å²) in [6.07, 6.45) is 0.0909. The number of Topliss-reactive ketones (excluding diaryl/α,β-unsaturated/α-hetero) is 1. The van der Waals surface area contributed by atoms with Gasteiger partial charge in [-0.2, -0.15) is 0 Å². The molecule has 7 heteroatoms. The van der Waals surface area contributed by atoms with Gasteiger partial charge in [-0.1, -0.05) is 29.8 Å². The number of hydrogen-bond donors (Lipinski definition) is 0. The second-order valence-electron chi connectivity index (χ2n) is 7.45. The van der Waals surface area contributed by atoms with Crippen molar-refractivity contribution in [1.29, 1.82) is 0 Å². The third-order valence-electron chi connectivity index (χ3n) is 5.28. The van der Waals surface area contributed by atoms with Gasteiger partial charge in [0.25, 0.3) is 0 Å². The number of hydrogen-bond acceptors (Lipinski definition) is 5. The maximum Gasteiger partial charge on any atom is 0.310 e. The molecule has 0 atom stereocenters. The molecule has 2 heterocycles. The molecular formula is C24H22ClNO5. The van der Waals surface area contributed by atoms with Crippen LogP contribution in [0.5, 0.6) is 11.5 Å². The Balaban J connectivity index is 1.39. The molecular weight excluding hydrogens is 418 g/mol. The predicted octanol–water partition coefficient (Wildman–Crippen LogP) is 4.50. The summed E-state index contributed by atoms with van der Waals surface area (Å²) in [5.41, 5.74) is 4.15. The Kier molecular flexibility index (Phi) is 6.00. The monoisotopic (exact) mass is 439 g/mol. The van der Waals surface area contributed by atoms with Crippen LogP contribution in [0.4, 0.5) is 0 Å². The minimum Gasteiger partial charge on any atom is -0.457 e. The van der Waals surface area contributed by atoms with E-state index >= 15 is 0 Å². The quantitative estimate of drug-likeness (QED) is 0.400. The van der Waals surface area contributed by atoms with E-state index < -0.39 is 5.97 Å². The van der Waals surface area contributed by atoms with Crippen LogP contribution in [-0.2, 0) is 22.5 Å². The van der Waals surface area contributed by atoms with Crippen LogP contribution in [0.15, 0.2) is 48.5 Å². The van der Waals surface area contributed by atoms with Gasteiger partial charge < -0.3 is 18.8 Å². The third-order valence-corrected chi connectivity index (χ3v) is 5.53. The van der Waals surface area contributed by atoms with Gasteiger partial charge >= 0.3 is 5.97 Å². The summed E-state index contributed by atoms with van der Waals surface area (Å²) in [6, 6.07) is 14.6. The zero-order valence-electron chi connectivity index (χ0n) is 17.3. The molecule has 3 aromatic rings. The van der Waals surface area contributed by atoms with Crippen molar-refractivity contribution in [2.24, 2.45) is 0 Å². The maximum atomic E-state index is 12.7. The van der Waals surface area contributed by atoms with Gasteiger partial charge in [0.2, 0.25) is 12.6 Å². The van der Waals surface area contributed by atoms with Gasteiger partial charge in [-0.3, -0.25) is 9.59 Å². The zero-order valence-corrected chi connectivity index (χ0v) is 18.1. The average Bonchev–Trinajstić information content (AvgIpc) is 3.33. The fraction of sp³-hybridized carbons (Fsp3) is 0.250. The third kappa shape index (κ3) is 4.75. The van der Waals surface area contributed by atoms with E-state index in [1.165, 1.54) is 0 Å². The van der Waals surface area contributed by atoms with Crippen molar-refractivity contribution in [3.05, 3.63) is 81.6 Å². The largest absolute Gasteiger partial charge is 0.457 e. The minimum atomic E-state index is -0.454. The topological polar surface area (TPSA) is 66.8 Å². The van der Waals surface area contributed by atoms with Gasteiger partial charge in [-0.15, -0.1) is 0 Å². The van der Waals surface area contributed by atoms with Gasteiger partial charge in [0.15, 0.2) is 18.1 Å². The first-order chi connectivity index (χ1) is 14.9. The lowest BCUT2D eigenvalue weighted by atomic mass is 10.1. The number of rotatable bonds is 7. The van der Waals surface area contributed by atoms with Gasteiger partial charge in [0.1, 0.15) is 0 Å². The minimum absolute atomic E-state index is 0.0909. The van der Waals surface area contributed by atoms with E-state index in [-0.39, 0.29) is 25.6 Å². The number of aromatic nitrogens is 1. The number of esters is 1. The highest BCUT2D eigenvalue weighted by Crippen LogP contribution is 2.33. The summed E-state index contributed by atoms with van der Waals surface area (Å²) in [5.74, 6) is 0.782. The van der Waals surface area contributed by atoms with Gasteiger partial charge in [0, 0.05) is 28.5 Å². The molecule has 0 unspecified atom stereocenters. The van der Waals surface area contributed by atoms with Gasteiger partial charge in [-0.05, 0) is 55.3 Å². The predicted molar refractivity (Wildman–Crippen MR) is 116 cm³/mol. The molecule has 0 radical (unpaired) electrons. The molecule has 0 saturated heterocycles. The summed E-state index contributed by atoms with van der Waals surface area (Å²) in [6.45, 7) is 4.38. The molecule has 4 rings (SSSR count). The normalized spacial score (nSPS) is 12.1. The lowest BCUT2D eigenvalue weighted by molar-refractivity contribution is -0.141. The van der Waals surface area contributed by atoms with Gasteiger partial charge in [0.05, 0.1) is 6.42 Å². The smallest absolute Gasteiger partial charge is 0.310 e. The van der Waals surface area contributed by atoms with E-state index in [0.717, 1.165) is 34.0 Å². The first kappa shape index (κ1) is 21.0. The van der Waals surface area contributed by atoms with Crippen LogP contribution in [0.2, 0.25) is 5.02 Å². The fourth-order valence-corrected chi connectivity index (χ4v) is 3.72. The lowest BCUT2D eigenvalue weighted by Crippen LogP contribution is -2.16. The van der Waals surface area contributed by atoms with Crippen LogP contribution in [0.1, 0.15) is 32.9 Å². The lowest BCUT2D eigenvalue weighted by Gasteiger charge is -2.11. The number of ketones is 1. The van der Waals surface area contributed by atoms with Crippen molar-refractivity contribution in [2.75, 3.05) is 13.4 Å². The van der Waals surface area contributed by atoms with Crippen LogP contribution in [0.25, 0.3) is 0 Å². The molecule has 2 aromatic carbocycles. The summed E-state index contributed by atoms with van der Waals surface area (Å²) >= 11 is 5.85. The Hall–Kier alpha value is -3.25. The van der Waals surface area contributed by atoms with Crippen molar-refractivity contribution in [3.8, 4) is 11.5 Å². The van der Waals surface area contributed by atoms with Crippen LogP contribution in [-0.4, -0.2) is 29.7 Å². The molecule has 0 amide bonds. The Bertz CT molecular complexity index is 1130. The fourth-order valence-electron chi connectivity index (χ4n) is 3.59. The molecule has 0 aliphatic carbocycles. The molecule has 160 valence electrons. The number of ether oxygens (including phenoxy) is 3. The summed E-state index contributed by atoms with van der Waals surface area (Å²) < 4.78 is 18.1. The van der Waals surface area contributed by atoms with E-state index in [0.29, 0.717) is 17.1 Å². The van der Waals surface area contributed by atoms with E-state index in [2.05, 4.69) is 4.57 Å². The van der Waals surface area contributed by atoms with Crippen LogP contribution in [0, 0.1) is 13.8 Å². The van der Waals surface area contributed by atoms with E-state index in [9.17, 15) is 9.59 Å². The second kappa shape index (κ2) is 8.86. The number of aryl methyl sites for hydroxylation is 1. The highest BCUT2D eigenvalue weighted by Gasteiger charge is 2.19. The highest BCUT2D eigenvalue weighted by molar-refractivity contribution is 6.30. The first-order valence-electron chi connectivity index (χ1n) is 9.89. The molecule has 0 saturated carbocycles. The number of carbonyl (C=O) groups excluding carboxylic acids is 2. The Morgan fingerprint density at radius 1 is 1.00 bits per heavy atom. The maximum absolute atomic E-state index is 12.7. The molecule has 1 aliphatic heterocycles. The van der Waals surface area contributed by atoms with Crippen molar-refractivity contribution < 1.29 is 23.8 Å². The second-order valence-corrected chi connectivity index (χ2v) is 7.88. The van der Waals surface area contributed by atoms with Crippen molar-refractivity contribution in [1.82, 2.24) is 4.57 Å². The number of benzene rings is 2. The molecule has 0 N–H and O–H groups in total. The van der Waals surface area contributed by atoms with Crippen LogP contribution >= 0.6 is 11.6 Å². The number of nitrogens with zero attached hydrogens (tertiary/aromatic N) is 1. The summed E-state index contributed by atoms with van der Waals surface area (Å²) in [5, 5.41) is 0.600. The molecule has 1 aliphatic rings. The van der Waals surface area contributed by atoms with Crippen molar-refractivity contribution in [3.63, 3.8) is 0 Å². The van der Waals surface area contributed by atoms with Crippen molar-refractivity contribution >= 4 is 23.4 Å². The highest BCUT2D eigenvalue weighted by atomic mass is 35.5. The molecule has 6 nitrogen and oxygen atoms in total. The molecule has 0 spiro atoms. The first-order valence-corrected chi connectivity index (χ1v) is 10.3. The average molecular weight is 440 g/mol. The summed E-state index contributed by atoms with van der Waals surface area (Å²) in [7, 11) is 0. The number of fused-ring (bicyclic) bond motifs is 1. The SMILES string of the molecule is Cc1cc(C(=O)COC(=O)Cc2ccc(Cl)cc2)c(C)n1Cc1ccc2c(c1)OCO2. The molecule has 0 fully saturated rings. The molecule has 31 heavy (non-hydrogen) atoms. The molecule has 0 bridgehead atoms. The summed E-state index contributed by atoms with van der Waals surface area (Å²) in [4.78, 5) is 24.8. The van der Waals surface area contributed by atoms with Crippen LogP contribution in [0.3, 0.4) is 0 Å². The van der Waals surface area contributed by atoms with E-state index in [1.807, 2.05) is 38.1 Å². The molecule has 1 aromatic heterocycles. The number of carbonyl (C=O) groups is 2. The Morgan fingerprint density at radius 2 is 1.71 bits per heavy atom. The Labute approximate surface area is 185 Å². The van der Waals surface area contributed by atoms with E-state index in [4.69, 9.17) is 25.8 Å². The van der Waals surface area contributed by atoms with E-state index in [1.54, 1.807) is 24.3 Å². The Morgan fingerprint density at radius 3 is 2.48 bits per heavy atom. The van der Waals surface area contributed by atoms with Gasteiger partial charge in [-0.25, -0.2) is 0 Å². The zero-order chi connectivity index (χ0) is 22.0.